The molecule has 1 aliphatic carbocycles. The van der Waals surface area contributed by atoms with Gasteiger partial charge in [0.05, 0.1) is 11.9 Å². The Morgan fingerprint density at radius 3 is 2.67 bits per heavy atom. The average Bonchev–Trinajstić information content (AvgIpc) is 2.86. The number of amides is 1. The van der Waals surface area contributed by atoms with Gasteiger partial charge in [-0.15, -0.1) is 0 Å². The van der Waals surface area contributed by atoms with E-state index in [0.29, 0.717) is 17.4 Å². The van der Waals surface area contributed by atoms with E-state index in [1.165, 1.54) is 24.8 Å². The van der Waals surface area contributed by atoms with Crippen LogP contribution in [-0.4, -0.2) is 26.5 Å². The van der Waals surface area contributed by atoms with Gasteiger partial charge in [0, 0.05) is 12.2 Å². The molecule has 0 aliphatic heterocycles. The third-order valence-corrected chi connectivity index (χ3v) is 3.72. The van der Waals surface area contributed by atoms with Crippen molar-refractivity contribution in [1.29, 1.82) is 0 Å². The topological polar surface area (TPSA) is 84.2 Å². The monoisotopic (exact) mass is 285 g/mol. The summed E-state index contributed by atoms with van der Waals surface area (Å²) in [5.74, 6) is -1.30. The predicted octanol–water partition coefficient (Wildman–Crippen LogP) is 2.56. The molecule has 0 unspecified atom stereocenters. The number of hydrogen-bond acceptors (Lipinski definition) is 3. The number of carboxylic acid groups (broad SMARTS) is 1. The highest BCUT2D eigenvalue weighted by Gasteiger charge is 2.23. The van der Waals surface area contributed by atoms with Crippen molar-refractivity contribution in [2.75, 3.05) is 5.32 Å². The van der Waals surface area contributed by atoms with Crippen LogP contribution in [0, 0.1) is 0 Å². The van der Waals surface area contributed by atoms with Gasteiger partial charge >= 0.3 is 5.97 Å². The molecule has 2 heterocycles. The van der Waals surface area contributed by atoms with Crippen LogP contribution in [0.4, 0.5) is 5.69 Å². The van der Waals surface area contributed by atoms with Crippen LogP contribution in [0.15, 0.2) is 36.7 Å². The largest absolute Gasteiger partial charge is 0.477 e. The van der Waals surface area contributed by atoms with Crippen LogP contribution >= 0.6 is 0 Å². The van der Waals surface area contributed by atoms with Gasteiger partial charge in [0.2, 0.25) is 0 Å². The van der Waals surface area contributed by atoms with E-state index >= 15 is 0 Å². The number of carbonyl (C=O) groups is 2. The van der Waals surface area contributed by atoms with E-state index in [1.54, 1.807) is 6.07 Å². The molecular formula is C15H15N3O3. The van der Waals surface area contributed by atoms with Gasteiger partial charge in [-0.05, 0) is 43.5 Å². The number of carbonyl (C=O) groups excluding carboxylic acids is 1. The zero-order chi connectivity index (χ0) is 14.8. The minimum absolute atomic E-state index is 0.0501. The third-order valence-electron chi connectivity index (χ3n) is 3.72. The van der Waals surface area contributed by atoms with E-state index < -0.39 is 5.97 Å². The summed E-state index contributed by atoms with van der Waals surface area (Å²) in [5.41, 5.74) is 1.04. The first kappa shape index (κ1) is 13.4. The lowest BCUT2D eigenvalue weighted by atomic mass is 9.93. The summed E-state index contributed by atoms with van der Waals surface area (Å²) in [4.78, 5) is 26.8. The lowest BCUT2D eigenvalue weighted by Gasteiger charge is -2.28. The van der Waals surface area contributed by atoms with E-state index in [2.05, 4.69) is 10.3 Å². The third kappa shape index (κ3) is 2.65. The van der Waals surface area contributed by atoms with Gasteiger partial charge in [-0.1, -0.05) is 0 Å². The van der Waals surface area contributed by atoms with Gasteiger partial charge in [0.25, 0.3) is 5.91 Å². The molecule has 1 aliphatic rings. The molecule has 108 valence electrons. The van der Waals surface area contributed by atoms with Crippen molar-refractivity contribution in [1.82, 2.24) is 9.55 Å². The Bertz CT molecular complexity index is 672. The van der Waals surface area contributed by atoms with Gasteiger partial charge in [-0.2, -0.15) is 0 Å². The lowest BCUT2D eigenvalue weighted by molar-refractivity contribution is 0.0690. The highest BCUT2D eigenvalue weighted by atomic mass is 16.4. The number of nitrogens with zero attached hydrogens (tertiary/aromatic N) is 2. The summed E-state index contributed by atoms with van der Waals surface area (Å²) in [6.07, 6.45) is 6.67. The van der Waals surface area contributed by atoms with E-state index in [-0.39, 0.29) is 11.6 Å². The Morgan fingerprint density at radius 2 is 2.10 bits per heavy atom. The summed E-state index contributed by atoms with van der Waals surface area (Å²) >= 11 is 0. The fraction of sp³-hybridized carbons (Fsp3) is 0.267. The number of nitrogens with one attached hydrogen (secondary N) is 1. The van der Waals surface area contributed by atoms with Gasteiger partial charge < -0.3 is 15.0 Å². The van der Waals surface area contributed by atoms with E-state index in [0.717, 1.165) is 12.8 Å². The summed E-state index contributed by atoms with van der Waals surface area (Å²) in [6, 6.07) is 6.95. The van der Waals surface area contributed by atoms with Crippen LogP contribution in [0.5, 0.6) is 0 Å². The standard InChI is InChI=1S/C15H15N3O3/c19-14(13-5-2-8-18(13)11-3-1-4-11)17-10-6-7-12(15(20)21)16-9-10/h2,5-9,11H,1,3-4H2,(H,17,19)(H,20,21). The highest BCUT2D eigenvalue weighted by Crippen LogP contribution is 2.32. The molecule has 0 bridgehead atoms. The van der Waals surface area contributed by atoms with Gasteiger partial charge in [-0.3, -0.25) is 4.79 Å². The second-order valence-corrected chi connectivity index (χ2v) is 5.08. The van der Waals surface area contributed by atoms with Crippen molar-refractivity contribution < 1.29 is 14.7 Å². The Hall–Kier alpha value is -2.63. The lowest BCUT2D eigenvalue weighted by Crippen LogP contribution is -2.23. The van der Waals surface area contributed by atoms with Crippen molar-refractivity contribution >= 4 is 17.6 Å². The second-order valence-electron chi connectivity index (χ2n) is 5.08. The van der Waals surface area contributed by atoms with E-state index in [1.807, 2.05) is 16.8 Å². The smallest absolute Gasteiger partial charge is 0.354 e. The summed E-state index contributed by atoms with van der Waals surface area (Å²) in [6.45, 7) is 0. The molecule has 2 aromatic rings. The Labute approximate surface area is 121 Å². The van der Waals surface area contributed by atoms with Crippen molar-refractivity contribution in [3.63, 3.8) is 0 Å². The quantitative estimate of drug-likeness (QED) is 0.904. The summed E-state index contributed by atoms with van der Waals surface area (Å²) in [7, 11) is 0. The summed E-state index contributed by atoms with van der Waals surface area (Å²) in [5, 5.41) is 11.5. The molecule has 6 heteroatoms. The maximum absolute atomic E-state index is 12.3. The van der Waals surface area contributed by atoms with Gasteiger partial charge in [-0.25, -0.2) is 9.78 Å². The minimum atomic E-state index is -1.09. The maximum Gasteiger partial charge on any atom is 0.354 e. The molecule has 0 saturated heterocycles. The Kier molecular flexibility index (Phi) is 3.43. The number of pyridine rings is 1. The van der Waals surface area contributed by atoms with Crippen molar-refractivity contribution in [3.8, 4) is 0 Å². The predicted molar refractivity (Wildman–Crippen MR) is 76.5 cm³/mol. The fourth-order valence-corrected chi connectivity index (χ4v) is 2.36. The van der Waals surface area contributed by atoms with Crippen molar-refractivity contribution in [2.45, 2.75) is 25.3 Å². The molecule has 1 saturated carbocycles. The molecule has 0 aromatic carbocycles. The van der Waals surface area contributed by atoms with E-state index in [9.17, 15) is 9.59 Å². The van der Waals surface area contributed by atoms with Crippen LogP contribution in [-0.2, 0) is 0 Å². The molecule has 0 atom stereocenters. The van der Waals surface area contributed by atoms with Crippen LogP contribution in [0.2, 0.25) is 0 Å². The number of hydrogen-bond donors (Lipinski definition) is 2. The van der Waals surface area contributed by atoms with Crippen molar-refractivity contribution in [2.24, 2.45) is 0 Å². The van der Waals surface area contributed by atoms with Crippen LogP contribution in [0.25, 0.3) is 0 Å². The molecule has 0 spiro atoms. The Balaban J connectivity index is 1.74. The molecular weight excluding hydrogens is 270 g/mol. The number of aromatic nitrogens is 2. The average molecular weight is 285 g/mol. The van der Waals surface area contributed by atoms with Crippen molar-refractivity contribution in [3.05, 3.63) is 48.0 Å². The fourth-order valence-electron chi connectivity index (χ4n) is 2.36. The van der Waals surface area contributed by atoms with Gasteiger partial charge in [0.15, 0.2) is 0 Å². The normalized spacial score (nSPS) is 14.5. The molecule has 2 N–H and O–H groups in total. The first-order chi connectivity index (χ1) is 10.1. The first-order valence-electron chi connectivity index (χ1n) is 6.82. The zero-order valence-corrected chi connectivity index (χ0v) is 11.3. The van der Waals surface area contributed by atoms with Gasteiger partial charge in [0.1, 0.15) is 11.4 Å². The summed E-state index contributed by atoms with van der Waals surface area (Å²) < 4.78 is 2.00. The molecule has 3 rings (SSSR count). The van der Waals surface area contributed by atoms with Crippen LogP contribution in [0.3, 0.4) is 0 Å². The number of aromatic carboxylic acids is 1. The Morgan fingerprint density at radius 1 is 1.29 bits per heavy atom. The number of rotatable bonds is 4. The SMILES string of the molecule is O=C(O)c1ccc(NC(=O)c2cccn2C2CCC2)cn1. The zero-order valence-electron chi connectivity index (χ0n) is 11.3. The molecule has 1 amide bonds. The van der Waals surface area contributed by atoms with Crippen LogP contribution in [0.1, 0.15) is 46.3 Å². The molecule has 21 heavy (non-hydrogen) atoms. The maximum atomic E-state index is 12.3. The molecule has 6 nitrogen and oxygen atoms in total. The van der Waals surface area contributed by atoms with E-state index in [4.69, 9.17) is 5.11 Å². The highest BCUT2D eigenvalue weighted by molar-refractivity contribution is 6.03. The van der Waals surface area contributed by atoms with Crippen LogP contribution < -0.4 is 5.32 Å². The molecule has 1 fully saturated rings. The first-order valence-corrected chi connectivity index (χ1v) is 6.82. The second kappa shape index (κ2) is 5.40. The minimum Gasteiger partial charge on any atom is -0.477 e. The number of anilines is 1. The number of carboxylic acids is 1. The molecule has 0 radical (unpaired) electrons. The molecule has 2 aromatic heterocycles.